The molecule has 2 heterocycles. The molecule has 0 bridgehead atoms. The molecule has 0 spiro atoms. The van der Waals surface area contributed by atoms with E-state index in [9.17, 15) is 14.4 Å². The first-order chi connectivity index (χ1) is 10.6. The van der Waals surface area contributed by atoms with Crippen LogP contribution in [0.5, 0.6) is 0 Å². The molecule has 0 radical (unpaired) electrons. The van der Waals surface area contributed by atoms with Crippen LogP contribution in [0.4, 0.5) is 5.13 Å². The van der Waals surface area contributed by atoms with E-state index in [1.807, 2.05) is 6.92 Å². The average molecular weight is 316 g/mol. The molecule has 112 valence electrons. The molecule has 3 rings (SSSR count). The molecule has 0 atom stereocenters. The van der Waals surface area contributed by atoms with Crippen LogP contribution in [0.25, 0.3) is 0 Å². The Morgan fingerprint density at radius 3 is 2.77 bits per heavy atom. The van der Waals surface area contributed by atoms with Gasteiger partial charge in [-0.15, -0.1) is 10.2 Å². The van der Waals surface area contributed by atoms with Crippen molar-refractivity contribution in [3.63, 3.8) is 0 Å². The van der Waals surface area contributed by atoms with Crippen molar-refractivity contribution in [2.45, 2.75) is 13.3 Å². The number of hydrogen-bond donors (Lipinski definition) is 1. The second-order valence-electron chi connectivity index (χ2n) is 4.85. The third-order valence-electron chi connectivity index (χ3n) is 3.30. The van der Waals surface area contributed by atoms with Gasteiger partial charge in [-0.05, 0) is 19.1 Å². The van der Waals surface area contributed by atoms with Crippen LogP contribution >= 0.6 is 11.3 Å². The highest BCUT2D eigenvalue weighted by atomic mass is 32.1. The predicted molar refractivity (Wildman–Crippen MR) is 79.7 cm³/mol. The molecule has 8 heteroatoms. The van der Waals surface area contributed by atoms with Gasteiger partial charge in [-0.3, -0.25) is 19.3 Å². The summed E-state index contributed by atoms with van der Waals surface area (Å²) in [6.45, 7) is 1.90. The number of benzene rings is 1. The van der Waals surface area contributed by atoms with Crippen molar-refractivity contribution < 1.29 is 14.4 Å². The Morgan fingerprint density at radius 1 is 1.27 bits per heavy atom. The maximum Gasteiger partial charge on any atom is 0.261 e. The van der Waals surface area contributed by atoms with Crippen molar-refractivity contribution in [3.05, 3.63) is 40.4 Å². The lowest BCUT2D eigenvalue weighted by molar-refractivity contribution is -0.116. The molecule has 1 aromatic carbocycles. The number of nitrogens with one attached hydrogen (secondary N) is 1. The maximum absolute atomic E-state index is 12.2. The number of anilines is 1. The van der Waals surface area contributed by atoms with Crippen LogP contribution in [-0.4, -0.2) is 39.4 Å². The number of imide groups is 1. The van der Waals surface area contributed by atoms with E-state index in [2.05, 4.69) is 15.5 Å². The SMILES string of the molecule is Cc1ccc2c(c1)C(=O)N(CCC(=O)Nc1nncs1)C2=O. The number of carbonyl (C=O) groups excluding carboxylic acids is 3. The van der Waals surface area contributed by atoms with E-state index in [1.54, 1.807) is 18.2 Å². The quantitative estimate of drug-likeness (QED) is 0.862. The first-order valence-electron chi connectivity index (χ1n) is 6.59. The zero-order valence-corrected chi connectivity index (χ0v) is 12.5. The molecule has 1 N–H and O–H groups in total. The van der Waals surface area contributed by atoms with Crippen LogP contribution in [0.3, 0.4) is 0 Å². The van der Waals surface area contributed by atoms with Gasteiger partial charge in [0.25, 0.3) is 11.8 Å². The van der Waals surface area contributed by atoms with E-state index < -0.39 is 0 Å². The molecule has 1 aliphatic rings. The summed E-state index contributed by atoms with van der Waals surface area (Å²) in [4.78, 5) is 37.3. The molecule has 3 amide bonds. The number of nitrogens with zero attached hydrogens (tertiary/aromatic N) is 3. The summed E-state index contributed by atoms with van der Waals surface area (Å²) in [5, 5.41) is 10.3. The van der Waals surface area contributed by atoms with Crippen molar-refractivity contribution in [1.29, 1.82) is 0 Å². The lowest BCUT2D eigenvalue weighted by Crippen LogP contribution is -2.32. The van der Waals surface area contributed by atoms with Crippen LogP contribution < -0.4 is 5.32 Å². The van der Waals surface area contributed by atoms with Crippen molar-refractivity contribution in [3.8, 4) is 0 Å². The minimum absolute atomic E-state index is 0.0179. The van der Waals surface area contributed by atoms with Gasteiger partial charge in [0.15, 0.2) is 0 Å². The molecular formula is C14H12N4O3S. The zero-order chi connectivity index (χ0) is 15.7. The van der Waals surface area contributed by atoms with Crippen LogP contribution in [0.1, 0.15) is 32.7 Å². The minimum atomic E-state index is -0.358. The fraction of sp³-hybridized carbons (Fsp3) is 0.214. The number of aromatic nitrogens is 2. The van der Waals surface area contributed by atoms with E-state index in [1.165, 1.54) is 16.8 Å². The first-order valence-corrected chi connectivity index (χ1v) is 7.47. The van der Waals surface area contributed by atoms with E-state index in [4.69, 9.17) is 0 Å². The Bertz CT molecular complexity index is 757. The number of amides is 3. The van der Waals surface area contributed by atoms with Gasteiger partial charge < -0.3 is 5.32 Å². The highest BCUT2D eigenvalue weighted by Crippen LogP contribution is 2.24. The van der Waals surface area contributed by atoms with Gasteiger partial charge in [-0.2, -0.15) is 0 Å². The normalized spacial score (nSPS) is 13.4. The third kappa shape index (κ3) is 2.60. The van der Waals surface area contributed by atoms with Gasteiger partial charge in [0.2, 0.25) is 11.0 Å². The highest BCUT2D eigenvalue weighted by Gasteiger charge is 2.35. The van der Waals surface area contributed by atoms with Gasteiger partial charge in [-0.1, -0.05) is 23.0 Å². The lowest BCUT2D eigenvalue weighted by Gasteiger charge is -2.12. The van der Waals surface area contributed by atoms with Gasteiger partial charge in [0.1, 0.15) is 5.51 Å². The van der Waals surface area contributed by atoms with E-state index in [0.717, 1.165) is 10.5 Å². The van der Waals surface area contributed by atoms with Crippen LogP contribution in [0.15, 0.2) is 23.7 Å². The van der Waals surface area contributed by atoms with Crippen LogP contribution in [0.2, 0.25) is 0 Å². The summed E-state index contributed by atoms with van der Waals surface area (Å²) >= 11 is 1.20. The van der Waals surface area contributed by atoms with Crippen molar-refractivity contribution in [2.75, 3.05) is 11.9 Å². The van der Waals surface area contributed by atoms with Crippen LogP contribution in [-0.2, 0) is 4.79 Å². The maximum atomic E-state index is 12.2. The molecule has 0 aliphatic carbocycles. The van der Waals surface area contributed by atoms with Crippen molar-refractivity contribution in [1.82, 2.24) is 15.1 Å². The molecule has 2 aromatic rings. The van der Waals surface area contributed by atoms with Gasteiger partial charge >= 0.3 is 0 Å². The van der Waals surface area contributed by atoms with Crippen molar-refractivity contribution in [2.24, 2.45) is 0 Å². The Hall–Kier alpha value is -2.61. The molecule has 22 heavy (non-hydrogen) atoms. The summed E-state index contributed by atoms with van der Waals surface area (Å²) in [6, 6.07) is 5.12. The van der Waals surface area contributed by atoms with E-state index in [-0.39, 0.29) is 30.7 Å². The molecule has 1 aromatic heterocycles. The standard InChI is InChI=1S/C14H12N4O3S/c1-8-2-3-9-10(6-8)13(21)18(12(9)20)5-4-11(19)16-14-17-15-7-22-14/h2-3,6-7H,4-5H2,1H3,(H,16,17,19). The molecule has 7 nitrogen and oxygen atoms in total. The monoisotopic (exact) mass is 316 g/mol. The molecular weight excluding hydrogens is 304 g/mol. The number of rotatable bonds is 4. The smallest absolute Gasteiger partial charge is 0.261 e. The highest BCUT2D eigenvalue weighted by molar-refractivity contribution is 7.13. The molecule has 0 unspecified atom stereocenters. The molecule has 0 saturated carbocycles. The Labute approximate surface area is 130 Å². The molecule has 0 saturated heterocycles. The van der Waals surface area contributed by atoms with Gasteiger partial charge in [0.05, 0.1) is 11.1 Å². The average Bonchev–Trinajstić information content (AvgIpc) is 3.06. The van der Waals surface area contributed by atoms with Crippen LogP contribution in [0, 0.1) is 6.92 Å². The number of hydrogen-bond acceptors (Lipinski definition) is 6. The fourth-order valence-electron chi connectivity index (χ4n) is 2.23. The number of aryl methyl sites for hydroxylation is 1. The summed E-state index contributed by atoms with van der Waals surface area (Å²) in [6.07, 6.45) is 0.0179. The summed E-state index contributed by atoms with van der Waals surface area (Å²) in [7, 11) is 0. The lowest BCUT2D eigenvalue weighted by atomic mass is 10.1. The largest absolute Gasteiger partial charge is 0.300 e. The van der Waals surface area contributed by atoms with Gasteiger partial charge in [-0.25, -0.2) is 0 Å². The first kappa shape index (κ1) is 14.3. The predicted octanol–water partition coefficient (Wildman–Crippen LogP) is 1.47. The van der Waals surface area contributed by atoms with E-state index >= 15 is 0 Å². The zero-order valence-electron chi connectivity index (χ0n) is 11.7. The minimum Gasteiger partial charge on any atom is -0.300 e. The van der Waals surface area contributed by atoms with Crippen molar-refractivity contribution >= 4 is 34.2 Å². The molecule has 0 fully saturated rings. The fourth-order valence-corrected chi connectivity index (χ4v) is 2.69. The topological polar surface area (TPSA) is 92.3 Å². The number of carbonyl (C=O) groups is 3. The second-order valence-corrected chi connectivity index (χ2v) is 5.69. The Balaban J connectivity index is 1.66. The summed E-state index contributed by atoms with van der Waals surface area (Å²) < 4.78 is 0. The third-order valence-corrected chi connectivity index (χ3v) is 3.90. The summed E-state index contributed by atoms with van der Waals surface area (Å²) in [5.41, 5.74) is 3.20. The Kier molecular flexibility index (Phi) is 3.68. The Morgan fingerprint density at radius 2 is 2.05 bits per heavy atom. The summed E-state index contributed by atoms with van der Waals surface area (Å²) in [5.74, 6) is -1.03. The molecule has 1 aliphatic heterocycles. The number of fused-ring (bicyclic) bond motifs is 1. The van der Waals surface area contributed by atoms with E-state index in [0.29, 0.717) is 16.3 Å². The van der Waals surface area contributed by atoms with Gasteiger partial charge in [0, 0.05) is 13.0 Å². The second kappa shape index (κ2) is 5.64.